The summed E-state index contributed by atoms with van der Waals surface area (Å²) in [7, 11) is 1.64. The van der Waals surface area contributed by atoms with Gasteiger partial charge in [-0.25, -0.2) is 0 Å². The largest absolute Gasteiger partial charge is 0.467 e. The number of ether oxygens (including phenoxy) is 1. The highest BCUT2D eigenvalue weighted by atomic mass is 16.5. The summed E-state index contributed by atoms with van der Waals surface area (Å²) < 4.78 is 10.1. The number of hydrogen-bond donors (Lipinski definition) is 1. The van der Waals surface area contributed by atoms with Crippen molar-refractivity contribution >= 4 is 11.8 Å². The first-order valence-corrected chi connectivity index (χ1v) is 6.77. The number of nitrogens with zero attached hydrogens (tertiary/aromatic N) is 1. The van der Waals surface area contributed by atoms with Crippen molar-refractivity contribution in [3.05, 3.63) is 24.2 Å². The molecule has 0 aromatic carbocycles. The van der Waals surface area contributed by atoms with Crippen LogP contribution in [-0.4, -0.2) is 43.5 Å². The van der Waals surface area contributed by atoms with Crippen LogP contribution < -0.4 is 5.32 Å². The Bertz CT molecular complexity index is 444. The number of rotatable bonds is 7. The van der Waals surface area contributed by atoms with Gasteiger partial charge in [0.05, 0.1) is 18.7 Å². The minimum Gasteiger partial charge on any atom is -0.467 e. The second-order valence-corrected chi connectivity index (χ2v) is 4.88. The van der Waals surface area contributed by atoms with Gasteiger partial charge in [0, 0.05) is 33.2 Å². The first-order chi connectivity index (χ1) is 9.70. The minimum atomic E-state index is -0.264. The Kier molecular flexibility index (Phi) is 5.17. The van der Waals surface area contributed by atoms with E-state index in [2.05, 4.69) is 5.32 Å². The van der Waals surface area contributed by atoms with Crippen LogP contribution in [0.25, 0.3) is 0 Å². The van der Waals surface area contributed by atoms with Crippen LogP contribution in [0, 0.1) is 5.92 Å². The van der Waals surface area contributed by atoms with Crippen LogP contribution in [0.5, 0.6) is 0 Å². The lowest BCUT2D eigenvalue weighted by Crippen LogP contribution is -2.33. The van der Waals surface area contributed by atoms with Crippen molar-refractivity contribution in [2.45, 2.75) is 19.4 Å². The molecule has 1 aromatic heterocycles. The summed E-state index contributed by atoms with van der Waals surface area (Å²) in [4.78, 5) is 25.5. The second kappa shape index (κ2) is 7.09. The Hall–Kier alpha value is -1.82. The maximum Gasteiger partial charge on any atom is 0.225 e. The molecule has 0 saturated carbocycles. The standard InChI is InChI=1S/C14H20N2O4/c1-19-6-3-5-16-10-11(8-13(16)17)14(18)15-9-12-4-2-7-20-12/h2,4,7,11H,3,5-6,8-10H2,1H3,(H,15,18). The molecule has 1 unspecified atom stereocenters. The molecule has 6 heteroatoms. The molecule has 0 aliphatic carbocycles. The molecule has 110 valence electrons. The summed E-state index contributed by atoms with van der Waals surface area (Å²) in [6.07, 6.45) is 2.65. The molecular weight excluding hydrogens is 260 g/mol. The number of nitrogens with one attached hydrogen (secondary N) is 1. The average Bonchev–Trinajstić information content (AvgIpc) is 3.07. The zero-order valence-electron chi connectivity index (χ0n) is 11.6. The zero-order valence-corrected chi connectivity index (χ0v) is 11.6. The Morgan fingerprint density at radius 2 is 2.45 bits per heavy atom. The lowest BCUT2D eigenvalue weighted by atomic mass is 10.1. The van der Waals surface area contributed by atoms with Crippen molar-refractivity contribution in [3.63, 3.8) is 0 Å². The Labute approximate surface area is 118 Å². The van der Waals surface area contributed by atoms with E-state index in [0.29, 0.717) is 32.0 Å². The molecule has 1 saturated heterocycles. The Balaban J connectivity index is 1.75. The van der Waals surface area contributed by atoms with Gasteiger partial charge in [-0.2, -0.15) is 0 Å². The van der Waals surface area contributed by atoms with E-state index in [1.807, 2.05) is 0 Å². The second-order valence-electron chi connectivity index (χ2n) is 4.88. The van der Waals surface area contributed by atoms with Gasteiger partial charge in [-0.3, -0.25) is 9.59 Å². The monoisotopic (exact) mass is 280 g/mol. The van der Waals surface area contributed by atoms with Gasteiger partial charge in [-0.05, 0) is 18.6 Å². The van der Waals surface area contributed by atoms with E-state index >= 15 is 0 Å². The molecule has 2 heterocycles. The third-order valence-electron chi connectivity index (χ3n) is 3.38. The highest BCUT2D eigenvalue weighted by Gasteiger charge is 2.33. The number of carbonyl (C=O) groups excluding carboxylic acids is 2. The summed E-state index contributed by atoms with van der Waals surface area (Å²) in [5.74, 6) is 0.392. The van der Waals surface area contributed by atoms with Crippen LogP contribution in [0.1, 0.15) is 18.6 Å². The highest BCUT2D eigenvalue weighted by Crippen LogP contribution is 2.18. The first kappa shape index (κ1) is 14.6. The lowest BCUT2D eigenvalue weighted by Gasteiger charge is -2.16. The molecule has 2 amide bonds. The summed E-state index contributed by atoms with van der Waals surface area (Å²) in [6.45, 7) is 2.13. The SMILES string of the molecule is COCCCN1CC(C(=O)NCc2ccco2)CC1=O. The molecule has 0 bridgehead atoms. The van der Waals surface area contributed by atoms with Crippen molar-refractivity contribution < 1.29 is 18.7 Å². The number of hydrogen-bond acceptors (Lipinski definition) is 4. The van der Waals surface area contributed by atoms with E-state index in [9.17, 15) is 9.59 Å². The molecule has 1 N–H and O–H groups in total. The topological polar surface area (TPSA) is 71.8 Å². The van der Waals surface area contributed by atoms with Crippen molar-refractivity contribution in [1.29, 1.82) is 0 Å². The van der Waals surface area contributed by atoms with E-state index in [1.165, 1.54) is 0 Å². The molecule has 1 atom stereocenters. The van der Waals surface area contributed by atoms with Crippen LogP contribution in [0.3, 0.4) is 0 Å². The van der Waals surface area contributed by atoms with Gasteiger partial charge in [0.25, 0.3) is 0 Å². The lowest BCUT2D eigenvalue weighted by molar-refractivity contribution is -0.129. The third-order valence-corrected chi connectivity index (χ3v) is 3.38. The summed E-state index contributed by atoms with van der Waals surface area (Å²) >= 11 is 0. The van der Waals surface area contributed by atoms with Crippen LogP contribution in [-0.2, 0) is 20.9 Å². The number of amides is 2. The van der Waals surface area contributed by atoms with Crippen LogP contribution in [0.15, 0.2) is 22.8 Å². The fourth-order valence-corrected chi connectivity index (χ4v) is 2.30. The first-order valence-electron chi connectivity index (χ1n) is 6.77. The Morgan fingerprint density at radius 3 is 3.15 bits per heavy atom. The molecule has 1 fully saturated rings. The quantitative estimate of drug-likeness (QED) is 0.749. The smallest absolute Gasteiger partial charge is 0.225 e. The van der Waals surface area contributed by atoms with E-state index < -0.39 is 0 Å². The normalized spacial score (nSPS) is 18.6. The molecule has 1 aliphatic heterocycles. The van der Waals surface area contributed by atoms with Gasteiger partial charge < -0.3 is 19.4 Å². The van der Waals surface area contributed by atoms with Gasteiger partial charge >= 0.3 is 0 Å². The zero-order chi connectivity index (χ0) is 14.4. The molecule has 6 nitrogen and oxygen atoms in total. The average molecular weight is 280 g/mol. The van der Waals surface area contributed by atoms with Crippen LogP contribution in [0.4, 0.5) is 0 Å². The fraction of sp³-hybridized carbons (Fsp3) is 0.571. The number of furan rings is 1. The molecule has 0 radical (unpaired) electrons. The summed E-state index contributed by atoms with van der Waals surface area (Å²) in [5.41, 5.74) is 0. The molecule has 0 spiro atoms. The van der Waals surface area contributed by atoms with E-state index in [0.717, 1.165) is 6.42 Å². The van der Waals surface area contributed by atoms with Crippen LogP contribution in [0.2, 0.25) is 0 Å². The van der Waals surface area contributed by atoms with Crippen LogP contribution >= 0.6 is 0 Å². The van der Waals surface area contributed by atoms with E-state index in [1.54, 1.807) is 30.4 Å². The van der Waals surface area contributed by atoms with Crippen molar-refractivity contribution in [3.8, 4) is 0 Å². The third kappa shape index (κ3) is 3.84. The van der Waals surface area contributed by atoms with Crippen molar-refractivity contribution in [1.82, 2.24) is 10.2 Å². The predicted molar refractivity (Wildman–Crippen MR) is 71.7 cm³/mol. The van der Waals surface area contributed by atoms with Crippen molar-refractivity contribution in [2.75, 3.05) is 26.8 Å². The van der Waals surface area contributed by atoms with E-state index in [4.69, 9.17) is 9.15 Å². The number of methoxy groups -OCH3 is 1. The van der Waals surface area contributed by atoms with Gasteiger partial charge in [-0.15, -0.1) is 0 Å². The molecule has 2 rings (SSSR count). The number of carbonyl (C=O) groups is 2. The summed E-state index contributed by atoms with van der Waals surface area (Å²) in [6, 6.07) is 3.58. The van der Waals surface area contributed by atoms with Gasteiger partial charge in [0.15, 0.2) is 0 Å². The number of likely N-dealkylation sites (tertiary alicyclic amines) is 1. The molecule has 1 aromatic rings. The maximum atomic E-state index is 12.0. The fourth-order valence-electron chi connectivity index (χ4n) is 2.30. The molecular formula is C14H20N2O4. The van der Waals surface area contributed by atoms with E-state index in [-0.39, 0.29) is 24.2 Å². The Morgan fingerprint density at radius 1 is 1.60 bits per heavy atom. The molecule has 20 heavy (non-hydrogen) atoms. The maximum absolute atomic E-state index is 12.0. The van der Waals surface area contributed by atoms with Gasteiger partial charge in [0.2, 0.25) is 11.8 Å². The minimum absolute atomic E-state index is 0.0410. The highest BCUT2D eigenvalue weighted by molar-refractivity contribution is 5.89. The molecule has 1 aliphatic rings. The van der Waals surface area contributed by atoms with Crippen molar-refractivity contribution in [2.24, 2.45) is 5.92 Å². The van der Waals surface area contributed by atoms with Gasteiger partial charge in [0.1, 0.15) is 5.76 Å². The van der Waals surface area contributed by atoms with Gasteiger partial charge in [-0.1, -0.05) is 0 Å². The summed E-state index contributed by atoms with van der Waals surface area (Å²) in [5, 5.41) is 2.80. The predicted octanol–water partition coefficient (Wildman–Crippen LogP) is 0.781.